The van der Waals surface area contributed by atoms with Crippen molar-refractivity contribution in [3.05, 3.63) is 30.1 Å². The molecule has 3 nitrogen and oxygen atoms in total. The molecule has 0 spiro atoms. The molecule has 4 heteroatoms. The van der Waals surface area contributed by atoms with Gasteiger partial charge < -0.3 is 10.5 Å². The van der Waals surface area contributed by atoms with Crippen molar-refractivity contribution in [2.75, 3.05) is 19.7 Å². The second-order valence-electron chi connectivity index (χ2n) is 5.24. The Morgan fingerprint density at radius 3 is 2.95 bits per heavy atom. The molecule has 2 N–H and O–H groups in total. The van der Waals surface area contributed by atoms with Crippen molar-refractivity contribution in [2.45, 2.75) is 38.3 Å². The number of para-hydroxylation sites is 1. The topological polar surface area (TPSA) is 38.5 Å². The third-order valence-corrected chi connectivity index (χ3v) is 3.74. The Balaban J connectivity index is 1.83. The second kappa shape index (κ2) is 6.87. The number of rotatable bonds is 5. The SMILES string of the molecule is CC(N)C1CCCCN1CCOc1ccccc1F. The van der Waals surface area contributed by atoms with E-state index < -0.39 is 0 Å². The molecular weight excluding hydrogens is 243 g/mol. The first-order chi connectivity index (χ1) is 9.18. The van der Waals surface area contributed by atoms with Gasteiger partial charge in [0.25, 0.3) is 0 Å². The first-order valence-corrected chi connectivity index (χ1v) is 7.05. The molecule has 0 radical (unpaired) electrons. The lowest BCUT2D eigenvalue weighted by Crippen LogP contribution is -2.50. The Kier molecular flexibility index (Phi) is 5.16. The van der Waals surface area contributed by atoms with Crippen molar-refractivity contribution >= 4 is 0 Å². The third kappa shape index (κ3) is 3.91. The van der Waals surface area contributed by atoms with Crippen LogP contribution in [-0.4, -0.2) is 36.7 Å². The maximum Gasteiger partial charge on any atom is 0.165 e. The summed E-state index contributed by atoms with van der Waals surface area (Å²) in [6.45, 7) is 4.43. The smallest absolute Gasteiger partial charge is 0.165 e. The van der Waals surface area contributed by atoms with Gasteiger partial charge in [0.05, 0.1) is 0 Å². The number of benzene rings is 1. The maximum atomic E-state index is 13.4. The summed E-state index contributed by atoms with van der Waals surface area (Å²) in [6, 6.07) is 7.13. The van der Waals surface area contributed by atoms with Crippen molar-refractivity contribution in [1.29, 1.82) is 0 Å². The van der Waals surface area contributed by atoms with Crippen LogP contribution in [0, 0.1) is 5.82 Å². The fourth-order valence-corrected chi connectivity index (χ4v) is 2.72. The van der Waals surface area contributed by atoms with Crippen molar-refractivity contribution in [2.24, 2.45) is 5.73 Å². The molecule has 19 heavy (non-hydrogen) atoms. The van der Waals surface area contributed by atoms with Crippen LogP contribution in [0.1, 0.15) is 26.2 Å². The van der Waals surface area contributed by atoms with Crippen LogP contribution in [0.25, 0.3) is 0 Å². The highest BCUT2D eigenvalue weighted by atomic mass is 19.1. The molecule has 2 atom stereocenters. The van der Waals surface area contributed by atoms with Crippen LogP contribution in [0.5, 0.6) is 5.75 Å². The predicted molar refractivity (Wildman–Crippen MR) is 74.8 cm³/mol. The molecule has 1 aliphatic rings. The van der Waals surface area contributed by atoms with E-state index in [1.165, 1.54) is 18.9 Å². The van der Waals surface area contributed by atoms with Crippen LogP contribution >= 0.6 is 0 Å². The zero-order chi connectivity index (χ0) is 13.7. The Bertz CT molecular complexity index is 397. The molecule has 2 rings (SSSR count). The van der Waals surface area contributed by atoms with Crippen LogP contribution < -0.4 is 10.5 Å². The molecule has 1 fully saturated rings. The molecule has 0 bridgehead atoms. The van der Waals surface area contributed by atoms with Crippen molar-refractivity contribution in [3.63, 3.8) is 0 Å². The van der Waals surface area contributed by atoms with Gasteiger partial charge in [-0.1, -0.05) is 18.6 Å². The number of nitrogens with two attached hydrogens (primary N) is 1. The molecule has 0 amide bonds. The average Bonchev–Trinajstić information content (AvgIpc) is 2.41. The Morgan fingerprint density at radius 1 is 1.42 bits per heavy atom. The minimum atomic E-state index is -0.301. The second-order valence-corrected chi connectivity index (χ2v) is 5.24. The van der Waals surface area contributed by atoms with Crippen molar-refractivity contribution < 1.29 is 9.13 Å². The molecule has 1 heterocycles. The number of piperidine rings is 1. The molecule has 0 saturated carbocycles. The summed E-state index contributed by atoms with van der Waals surface area (Å²) in [6.07, 6.45) is 3.61. The highest BCUT2D eigenvalue weighted by Crippen LogP contribution is 2.19. The lowest BCUT2D eigenvalue weighted by molar-refractivity contribution is 0.108. The minimum absolute atomic E-state index is 0.175. The summed E-state index contributed by atoms with van der Waals surface area (Å²) in [5.41, 5.74) is 6.02. The number of halogens is 1. The molecule has 106 valence electrons. The Morgan fingerprint density at radius 2 is 2.21 bits per heavy atom. The summed E-state index contributed by atoms with van der Waals surface area (Å²) in [5.74, 6) is 0.0294. The first-order valence-electron chi connectivity index (χ1n) is 7.05. The van der Waals surface area contributed by atoms with Gasteiger partial charge in [0, 0.05) is 18.6 Å². The molecule has 0 aromatic heterocycles. The van der Waals surface area contributed by atoms with Gasteiger partial charge in [-0.2, -0.15) is 0 Å². The van der Waals surface area contributed by atoms with Gasteiger partial charge in [-0.15, -0.1) is 0 Å². The molecule has 1 saturated heterocycles. The summed E-state index contributed by atoms with van der Waals surface area (Å²) in [7, 11) is 0. The Labute approximate surface area is 114 Å². The average molecular weight is 266 g/mol. The minimum Gasteiger partial charge on any atom is -0.489 e. The summed E-state index contributed by atoms with van der Waals surface area (Å²) in [4.78, 5) is 2.37. The van der Waals surface area contributed by atoms with Crippen LogP contribution in [0.2, 0.25) is 0 Å². The standard InChI is InChI=1S/C15H23FN2O/c1-12(17)14-7-4-5-9-18(14)10-11-19-15-8-3-2-6-13(15)16/h2-3,6,8,12,14H,4-5,7,9-11,17H2,1H3. The van der Waals surface area contributed by atoms with Crippen LogP contribution in [-0.2, 0) is 0 Å². The van der Waals surface area contributed by atoms with Gasteiger partial charge in [0.1, 0.15) is 6.61 Å². The molecular formula is C15H23FN2O. The summed E-state index contributed by atoms with van der Waals surface area (Å²) in [5, 5.41) is 0. The number of likely N-dealkylation sites (tertiary alicyclic amines) is 1. The van der Waals surface area contributed by atoms with Gasteiger partial charge in [-0.3, -0.25) is 4.90 Å². The summed E-state index contributed by atoms with van der Waals surface area (Å²) >= 11 is 0. The Hall–Kier alpha value is -1.13. The lowest BCUT2D eigenvalue weighted by atomic mass is 9.97. The number of nitrogens with zero attached hydrogens (tertiary/aromatic N) is 1. The van der Waals surface area contributed by atoms with Gasteiger partial charge in [-0.05, 0) is 38.4 Å². The van der Waals surface area contributed by atoms with E-state index in [1.54, 1.807) is 18.2 Å². The normalized spacial score (nSPS) is 22.2. The van der Waals surface area contributed by atoms with Crippen molar-refractivity contribution in [3.8, 4) is 5.75 Å². The van der Waals surface area contributed by atoms with E-state index >= 15 is 0 Å². The molecule has 1 aliphatic heterocycles. The highest BCUT2D eigenvalue weighted by Gasteiger charge is 2.24. The number of ether oxygens (including phenoxy) is 1. The van der Waals surface area contributed by atoms with E-state index in [2.05, 4.69) is 11.8 Å². The van der Waals surface area contributed by atoms with Crippen molar-refractivity contribution in [1.82, 2.24) is 4.90 Å². The van der Waals surface area contributed by atoms with Gasteiger partial charge in [0.15, 0.2) is 11.6 Å². The van der Waals surface area contributed by atoms with E-state index in [4.69, 9.17) is 10.5 Å². The predicted octanol–water partition coefficient (Wildman–Crippen LogP) is 2.41. The lowest BCUT2D eigenvalue weighted by Gasteiger charge is -2.37. The molecule has 1 aromatic rings. The van der Waals surface area contributed by atoms with E-state index in [0.29, 0.717) is 18.4 Å². The largest absolute Gasteiger partial charge is 0.489 e. The van der Waals surface area contributed by atoms with Crippen LogP contribution in [0.3, 0.4) is 0 Å². The molecule has 0 aliphatic carbocycles. The van der Waals surface area contributed by atoms with E-state index in [1.807, 2.05) is 0 Å². The third-order valence-electron chi connectivity index (χ3n) is 3.74. The first kappa shape index (κ1) is 14.3. The highest BCUT2D eigenvalue weighted by molar-refractivity contribution is 5.23. The van der Waals surface area contributed by atoms with Gasteiger partial charge in [0.2, 0.25) is 0 Å². The molecule has 1 aromatic carbocycles. The maximum absolute atomic E-state index is 13.4. The van der Waals surface area contributed by atoms with E-state index in [0.717, 1.165) is 19.5 Å². The van der Waals surface area contributed by atoms with Crippen LogP contribution in [0.15, 0.2) is 24.3 Å². The molecule has 2 unspecified atom stereocenters. The van der Waals surface area contributed by atoms with Gasteiger partial charge in [-0.25, -0.2) is 4.39 Å². The number of hydrogen-bond donors (Lipinski definition) is 1. The van der Waals surface area contributed by atoms with E-state index in [-0.39, 0.29) is 11.9 Å². The summed E-state index contributed by atoms with van der Waals surface area (Å²) < 4.78 is 18.9. The fourth-order valence-electron chi connectivity index (χ4n) is 2.72. The van der Waals surface area contributed by atoms with E-state index in [9.17, 15) is 4.39 Å². The zero-order valence-corrected chi connectivity index (χ0v) is 11.5. The fraction of sp³-hybridized carbons (Fsp3) is 0.600. The van der Waals surface area contributed by atoms with Crippen LogP contribution in [0.4, 0.5) is 4.39 Å². The number of hydrogen-bond acceptors (Lipinski definition) is 3. The van der Waals surface area contributed by atoms with Gasteiger partial charge >= 0.3 is 0 Å². The monoisotopic (exact) mass is 266 g/mol. The zero-order valence-electron chi connectivity index (χ0n) is 11.5. The quantitative estimate of drug-likeness (QED) is 0.889.